The van der Waals surface area contributed by atoms with Crippen molar-refractivity contribution < 1.29 is 17.9 Å². The molecule has 0 aromatic heterocycles. The highest BCUT2D eigenvalue weighted by Gasteiger charge is 2.60. The van der Waals surface area contributed by atoms with Crippen LogP contribution in [0.3, 0.4) is 0 Å². The Kier molecular flexibility index (Phi) is 5.31. The van der Waals surface area contributed by atoms with Gasteiger partial charge in [0.25, 0.3) is 0 Å². The fraction of sp³-hybridized carbons (Fsp3) is 0.917. The van der Waals surface area contributed by atoms with Crippen LogP contribution >= 0.6 is 0 Å². The zero-order chi connectivity index (χ0) is 13.1. The lowest BCUT2D eigenvalue weighted by atomic mass is 10.1. The highest BCUT2D eigenvalue weighted by atomic mass is 28.4. The van der Waals surface area contributed by atoms with Crippen LogP contribution in [0.15, 0.2) is 0 Å². The molecule has 1 heterocycles. The molecule has 17 heavy (non-hydrogen) atoms. The molecule has 0 bridgehead atoms. The van der Waals surface area contributed by atoms with Gasteiger partial charge in [-0.1, -0.05) is 13.8 Å². The van der Waals surface area contributed by atoms with Crippen LogP contribution in [0.25, 0.3) is 0 Å². The van der Waals surface area contributed by atoms with Gasteiger partial charge < -0.3 is 13.3 Å². The van der Waals surface area contributed by atoms with Crippen molar-refractivity contribution in [2.45, 2.75) is 39.3 Å². The van der Waals surface area contributed by atoms with Gasteiger partial charge in [-0.15, -0.1) is 0 Å². The number of hydrogen-bond donors (Lipinski definition) is 0. The van der Waals surface area contributed by atoms with E-state index in [9.17, 15) is 0 Å². The molecule has 1 aliphatic heterocycles. The predicted molar refractivity (Wildman–Crippen MR) is 70.4 cm³/mol. The fourth-order valence-corrected chi connectivity index (χ4v) is 5.11. The normalized spacial score (nSPS) is 23.8. The second-order valence-corrected chi connectivity index (χ2v) is 8.15. The van der Waals surface area contributed by atoms with Gasteiger partial charge in [0.1, 0.15) is 12.3 Å². The van der Waals surface area contributed by atoms with E-state index in [1.807, 2.05) is 0 Å². The minimum Gasteiger partial charge on any atom is -0.373 e. The number of nitrogens with zero attached hydrogens (tertiary/aromatic N) is 1. The largest absolute Gasteiger partial charge is 0.572 e. The Hall–Kier alpha value is -0.233. The van der Waals surface area contributed by atoms with Gasteiger partial charge in [-0.3, -0.25) is 0 Å². The van der Waals surface area contributed by atoms with E-state index in [1.54, 1.807) is 21.3 Å². The standard InChI is InChI=1S/C12H26NO3Si/c1-10(2)9-11(3)13-8-7-12(13)17(14-4,15-5)16-6/h10,12H,7-9H2,1-6H3/q+1. The van der Waals surface area contributed by atoms with Gasteiger partial charge in [0.2, 0.25) is 5.67 Å². The first-order valence-corrected chi connectivity index (χ1v) is 8.05. The molecule has 5 heteroatoms. The molecular weight excluding hydrogens is 234 g/mol. The van der Waals surface area contributed by atoms with Crippen molar-refractivity contribution in [2.75, 3.05) is 27.9 Å². The fourth-order valence-electron chi connectivity index (χ4n) is 2.58. The molecule has 1 aliphatic rings. The Morgan fingerprint density at radius 2 is 1.76 bits per heavy atom. The van der Waals surface area contributed by atoms with Crippen LogP contribution in [-0.4, -0.2) is 52.6 Å². The molecule has 0 N–H and O–H groups in total. The molecule has 0 spiro atoms. The van der Waals surface area contributed by atoms with Gasteiger partial charge in [-0.05, 0) is 5.92 Å². The van der Waals surface area contributed by atoms with Gasteiger partial charge in [0, 0.05) is 34.7 Å². The first kappa shape index (κ1) is 14.8. The lowest BCUT2D eigenvalue weighted by Gasteiger charge is -2.35. The first-order valence-electron chi connectivity index (χ1n) is 6.25. The summed E-state index contributed by atoms with van der Waals surface area (Å²) < 4.78 is 19.1. The van der Waals surface area contributed by atoms with E-state index in [2.05, 4.69) is 25.3 Å². The van der Waals surface area contributed by atoms with Crippen molar-refractivity contribution in [3.8, 4) is 0 Å². The van der Waals surface area contributed by atoms with Crippen LogP contribution in [0.4, 0.5) is 0 Å². The van der Waals surface area contributed by atoms with Crippen molar-refractivity contribution >= 4 is 14.5 Å². The van der Waals surface area contributed by atoms with Gasteiger partial charge in [0.15, 0.2) is 0 Å². The van der Waals surface area contributed by atoms with Crippen LogP contribution in [0.2, 0.25) is 0 Å². The Balaban J connectivity index is 2.86. The molecule has 4 nitrogen and oxygen atoms in total. The van der Waals surface area contributed by atoms with Crippen LogP contribution < -0.4 is 0 Å². The average molecular weight is 260 g/mol. The van der Waals surface area contributed by atoms with Crippen molar-refractivity contribution in [2.24, 2.45) is 5.92 Å². The van der Waals surface area contributed by atoms with E-state index in [0.29, 0.717) is 11.6 Å². The molecule has 0 aliphatic carbocycles. The molecule has 1 saturated heterocycles. The molecule has 100 valence electrons. The average Bonchev–Trinajstić information content (AvgIpc) is 2.23. The summed E-state index contributed by atoms with van der Waals surface area (Å²) in [4.78, 5) is 0. The molecule has 1 unspecified atom stereocenters. The molecule has 1 fully saturated rings. The zero-order valence-electron chi connectivity index (χ0n) is 11.9. The molecule has 0 saturated carbocycles. The van der Waals surface area contributed by atoms with E-state index >= 15 is 0 Å². The molecule has 0 aromatic carbocycles. The summed E-state index contributed by atoms with van der Waals surface area (Å²) in [5, 5.41) is 0. The lowest BCUT2D eigenvalue weighted by Crippen LogP contribution is -2.65. The minimum atomic E-state index is -2.51. The SMILES string of the molecule is CO[Si](OC)(OC)C1CC[N+]1=C(C)CC(C)C. The quantitative estimate of drug-likeness (QED) is 0.538. The van der Waals surface area contributed by atoms with Crippen LogP contribution in [-0.2, 0) is 13.3 Å². The maximum absolute atomic E-state index is 5.57. The maximum atomic E-state index is 5.57. The zero-order valence-corrected chi connectivity index (χ0v) is 12.9. The van der Waals surface area contributed by atoms with E-state index in [-0.39, 0.29) is 0 Å². The van der Waals surface area contributed by atoms with Gasteiger partial charge >= 0.3 is 8.80 Å². The lowest BCUT2D eigenvalue weighted by molar-refractivity contribution is -0.612. The topological polar surface area (TPSA) is 30.7 Å². The predicted octanol–water partition coefficient (Wildman–Crippen LogP) is 1.70. The molecule has 0 radical (unpaired) electrons. The summed E-state index contributed by atoms with van der Waals surface area (Å²) >= 11 is 0. The van der Waals surface area contributed by atoms with Gasteiger partial charge in [-0.2, -0.15) is 0 Å². The Bertz CT molecular complexity index is 279. The van der Waals surface area contributed by atoms with Crippen molar-refractivity contribution in [1.82, 2.24) is 0 Å². The van der Waals surface area contributed by atoms with E-state index in [1.165, 1.54) is 5.71 Å². The Morgan fingerprint density at radius 1 is 1.24 bits per heavy atom. The second-order valence-electron chi connectivity index (χ2n) is 5.05. The summed E-state index contributed by atoms with van der Waals surface area (Å²) in [6, 6.07) is 0. The van der Waals surface area contributed by atoms with Crippen molar-refractivity contribution in [3.05, 3.63) is 0 Å². The van der Waals surface area contributed by atoms with E-state index in [0.717, 1.165) is 19.4 Å². The molecule has 1 atom stereocenters. The molecule has 0 amide bonds. The van der Waals surface area contributed by atoms with Crippen molar-refractivity contribution in [1.29, 1.82) is 0 Å². The minimum absolute atomic E-state index is 0.293. The summed E-state index contributed by atoms with van der Waals surface area (Å²) in [7, 11) is 2.56. The first-order chi connectivity index (χ1) is 8.00. The Labute approximate surface area is 106 Å². The van der Waals surface area contributed by atoms with Crippen LogP contribution in [0, 0.1) is 5.92 Å². The number of rotatable bonds is 6. The highest BCUT2D eigenvalue weighted by molar-refractivity contribution is 6.62. The molecule has 0 aromatic rings. The molecule has 1 rings (SSSR count). The van der Waals surface area contributed by atoms with Gasteiger partial charge in [-0.25, -0.2) is 4.58 Å². The third-order valence-corrected chi connectivity index (χ3v) is 6.60. The summed E-state index contributed by atoms with van der Waals surface area (Å²) in [5.74, 6) is 0.681. The third-order valence-electron chi connectivity index (χ3n) is 3.48. The smallest absolute Gasteiger partial charge is 0.373 e. The number of hydrogen-bond acceptors (Lipinski definition) is 3. The molecular formula is C12H26NO3Si+. The monoisotopic (exact) mass is 260 g/mol. The summed E-state index contributed by atoms with van der Waals surface area (Å²) in [6.07, 6.45) is 2.22. The van der Waals surface area contributed by atoms with E-state index in [4.69, 9.17) is 13.3 Å². The van der Waals surface area contributed by atoms with E-state index < -0.39 is 8.80 Å². The van der Waals surface area contributed by atoms with Crippen LogP contribution in [0.5, 0.6) is 0 Å². The van der Waals surface area contributed by atoms with Crippen molar-refractivity contribution in [3.63, 3.8) is 0 Å². The summed E-state index contributed by atoms with van der Waals surface area (Å²) in [5.41, 5.74) is 1.71. The Morgan fingerprint density at radius 3 is 2.06 bits per heavy atom. The summed E-state index contributed by atoms with van der Waals surface area (Å²) in [6.45, 7) is 7.78. The third kappa shape index (κ3) is 2.96. The van der Waals surface area contributed by atoms with Crippen LogP contribution in [0.1, 0.15) is 33.6 Å². The second kappa shape index (κ2) is 6.09. The van der Waals surface area contributed by atoms with Gasteiger partial charge in [0.05, 0.1) is 6.42 Å². The maximum Gasteiger partial charge on any atom is 0.572 e. The highest BCUT2D eigenvalue weighted by Crippen LogP contribution is 2.25.